The third-order valence-corrected chi connectivity index (χ3v) is 5.42. The third-order valence-electron chi connectivity index (χ3n) is 5.42. The number of amides is 1. The second-order valence-electron chi connectivity index (χ2n) is 7.23. The molecule has 1 aromatic rings. The number of nitrogens with two attached hydrogens (primary N) is 1. The highest BCUT2D eigenvalue weighted by Crippen LogP contribution is 2.30. The minimum atomic E-state index is -0.0825. The van der Waals surface area contributed by atoms with Crippen LogP contribution in [0.25, 0.3) is 0 Å². The van der Waals surface area contributed by atoms with Gasteiger partial charge in [0.15, 0.2) is 0 Å². The van der Waals surface area contributed by atoms with Crippen LogP contribution in [-0.2, 0) is 29.7 Å². The average Bonchev–Trinajstić information content (AvgIpc) is 3.02. The SMILES string of the molecule is CCCO[C@@H]1C[C@@H](C(=O)N2Cc3nc(C)n(C)c(=O)c3C2)CC[C@H]1N. The third kappa shape index (κ3) is 3.48. The van der Waals surface area contributed by atoms with Crippen LogP contribution in [0.5, 0.6) is 0 Å². The van der Waals surface area contributed by atoms with E-state index < -0.39 is 0 Å². The van der Waals surface area contributed by atoms with Gasteiger partial charge in [-0.3, -0.25) is 14.2 Å². The maximum absolute atomic E-state index is 13.0. The molecule has 2 N–H and O–H groups in total. The minimum Gasteiger partial charge on any atom is -0.377 e. The molecule has 1 saturated carbocycles. The Morgan fingerprint density at radius 2 is 2.12 bits per heavy atom. The lowest BCUT2D eigenvalue weighted by molar-refractivity contribution is -0.139. The predicted molar refractivity (Wildman–Crippen MR) is 93.8 cm³/mol. The number of fused-ring (bicyclic) bond motifs is 1. The fourth-order valence-corrected chi connectivity index (χ4v) is 3.78. The summed E-state index contributed by atoms with van der Waals surface area (Å²) in [7, 11) is 1.72. The molecule has 3 atom stereocenters. The molecule has 1 amide bonds. The van der Waals surface area contributed by atoms with E-state index >= 15 is 0 Å². The highest BCUT2D eigenvalue weighted by Gasteiger charge is 2.37. The van der Waals surface area contributed by atoms with Gasteiger partial charge in [-0.05, 0) is 32.6 Å². The molecule has 2 aliphatic rings. The molecule has 25 heavy (non-hydrogen) atoms. The van der Waals surface area contributed by atoms with Gasteiger partial charge in [-0.2, -0.15) is 0 Å². The molecule has 138 valence electrons. The quantitative estimate of drug-likeness (QED) is 0.871. The van der Waals surface area contributed by atoms with Gasteiger partial charge in [-0.1, -0.05) is 6.92 Å². The topological polar surface area (TPSA) is 90.5 Å². The number of carbonyl (C=O) groups is 1. The highest BCUT2D eigenvalue weighted by atomic mass is 16.5. The summed E-state index contributed by atoms with van der Waals surface area (Å²) in [5.74, 6) is 0.686. The minimum absolute atomic E-state index is 0.00276. The zero-order valence-electron chi connectivity index (χ0n) is 15.3. The summed E-state index contributed by atoms with van der Waals surface area (Å²) in [6.45, 7) is 5.33. The number of hydrogen-bond donors (Lipinski definition) is 1. The molecule has 0 spiro atoms. The molecule has 0 bridgehead atoms. The van der Waals surface area contributed by atoms with Crippen LogP contribution in [0.4, 0.5) is 0 Å². The Labute approximate surface area is 148 Å². The van der Waals surface area contributed by atoms with Crippen LogP contribution in [0, 0.1) is 12.8 Å². The Kier molecular flexibility index (Phi) is 5.24. The van der Waals surface area contributed by atoms with Crippen LogP contribution in [-0.4, -0.2) is 39.1 Å². The molecule has 1 fully saturated rings. The van der Waals surface area contributed by atoms with Crippen molar-refractivity contribution in [1.82, 2.24) is 14.5 Å². The van der Waals surface area contributed by atoms with E-state index in [2.05, 4.69) is 11.9 Å². The van der Waals surface area contributed by atoms with E-state index in [-0.39, 0.29) is 29.5 Å². The number of hydrogen-bond acceptors (Lipinski definition) is 5. The summed E-state index contributed by atoms with van der Waals surface area (Å²) >= 11 is 0. The number of carbonyl (C=O) groups excluding carboxylic acids is 1. The second-order valence-corrected chi connectivity index (χ2v) is 7.23. The summed E-state index contributed by atoms with van der Waals surface area (Å²) in [6, 6.07) is 0.00276. The van der Waals surface area contributed by atoms with E-state index in [9.17, 15) is 9.59 Å². The smallest absolute Gasteiger partial charge is 0.258 e. The first-order valence-electron chi connectivity index (χ1n) is 9.13. The number of rotatable bonds is 4. The van der Waals surface area contributed by atoms with Gasteiger partial charge in [0.05, 0.1) is 30.5 Å². The summed E-state index contributed by atoms with van der Waals surface area (Å²) in [4.78, 5) is 31.6. The molecular weight excluding hydrogens is 320 g/mol. The summed E-state index contributed by atoms with van der Waals surface area (Å²) in [5.41, 5.74) is 7.49. The highest BCUT2D eigenvalue weighted by molar-refractivity contribution is 5.79. The molecule has 1 aliphatic carbocycles. The Balaban J connectivity index is 1.70. The Morgan fingerprint density at radius 3 is 2.84 bits per heavy atom. The zero-order valence-corrected chi connectivity index (χ0v) is 15.3. The lowest BCUT2D eigenvalue weighted by atomic mass is 9.83. The van der Waals surface area contributed by atoms with Gasteiger partial charge in [-0.15, -0.1) is 0 Å². The van der Waals surface area contributed by atoms with Crippen molar-refractivity contribution in [2.45, 2.75) is 64.8 Å². The second kappa shape index (κ2) is 7.25. The van der Waals surface area contributed by atoms with Gasteiger partial charge in [0.25, 0.3) is 5.56 Å². The monoisotopic (exact) mass is 348 g/mol. The van der Waals surface area contributed by atoms with E-state index in [0.29, 0.717) is 37.5 Å². The van der Waals surface area contributed by atoms with Crippen molar-refractivity contribution in [3.05, 3.63) is 27.4 Å². The molecule has 1 aromatic heterocycles. The Bertz CT molecular complexity index is 715. The van der Waals surface area contributed by atoms with Gasteiger partial charge in [-0.25, -0.2) is 4.98 Å². The van der Waals surface area contributed by atoms with Crippen molar-refractivity contribution in [3.63, 3.8) is 0 Å². The lowest BCUT2D eigenvalue weighted by Crippen LogP contribution is -2.46. The number of nitrogens with zero attached hydrogens (tertiary/aromatic N) is 3. The van der Waals surface area contributed by atoms with Crippen LogP contribution in [0.2, 0.25) is 0 Å². The molecule has 2 heterocycles. The normalized spacial score (nSPS) is 25.9. The molecule has 0 radical (unpaired) electrons. The van der Waals surface area contributed by atoms with Crippen LogP contribution in [0.15, 0.2) is 4.79 Å². The lowest BCUT2D eigenvalue weighted by Gasteiger charge is -2.34. The van der Waals surface area contributed by atoms with Crippen LogP contribution < -0.4 is 11.3 Å². The van der Waals surface area contributed by atoms with Crippen molar-refractivity contribution in [2.75, 3.05) is 6.61 Å². The van der Waals surface area contributed by atoms with Crippen LogP contribution in [0.1, 0.15) is 49.7 Å². The first-order chi connectivity index (χ1) is 11.9. The predicted octanol–water partition coefficient (Wildman–Crippen LogP) is 0.854. The molecule has 7 nitrogen and oxygen atoms in total. The molecule has 0 saturated heterocycles. The first kappa shape index (κ1) is 18.1. The maximum Gasteiger partial charge on any atom is 0.258 e. The molecule has 3 rings (SSSR count). The van der Waals surface area contributed by atoms with Crippen molar-refractivity contribution >= 4 is 5.91 Å². The van der Waals surface area contributed by atoms with E-state index in [1.165, 1.54) is 0 Å². The van der Waals surface area contributed by atoms with Crippen molar-refractivity contribution < 1.29 is 9.53 Å². The van der Waals surface area contributed by atoms with Crippen molar-refractivity contribution in [2.24, 2.45) is 18.7 Å². The molecule has 0 unspecified atom stereocenters. The summed E-state index contributed by atoms with van der Waals surface area (Å²) < 4.78 is 7.38. The molecule has 0 aromatic carbocycles. The fraction of sp³-hybridized carbons (Fsp3) is 0.722. The summed E-state index contributed by atoms with van der Waals surface area (Å²) in [5, 5.41) is 0. The summed E-state index contributed by atoms with van der Waals surface area (Å²) in [6.07, 6.45) is 3.13. The molecular formula is C18H28N4O3. The van der Waals surface area contributed by atoms with Gasteiger partial charge in [0.2, 0.25) is 5.91 Å². The van der Waals surface area contributed by atoms with Crippen molar-refractivity contribution in [3.8, 4) is 0 Å². The Morgan fingerprint density at radius 1 is 1.36 bits per heavy atom. The van der Waals surface area contributed by atoms with Crippen LogP contribution in [0.3, 0.4) is 0 Å². The fourth-order valence-electron chi connectivity index (χ4n) is 3.78. The van der Waals surface area contributed by atoms with Gasteiger partial charge in [0, 0.05) is 25.6 Å². The number of aromatic nitrogens is 2. The molecule has 7 heteroatoms. The number of aryl methyl sites for hydroxylation is 1. The first-order valence-corrected chi connectivity index (χ1v) is 9.13. The van der Waals surface area contributed by atoms with E-state index in [0.717, 1.165) is 25.0 Å². The van der Waals surface area contributed by atoms with Gasteiger partial charge in [0.1, 0.15) is 5.82 Å². The average molecular weight is 348 g/mol. The Hall–Kier alpha value is -1.73. The standard InChI is InChI=1S/C18H28N4O3/c1-4-7-25-16-8-12(5-6-14(16)19)17(23)22-9-13-15(10-22)20-11(2)21(3)18(13)24/h12,14,16H,4-10,19H2,1-3H3/t12-,14+,16+/m0/s1. The van der Waals surface area contributed by atoms with E-state index in [1.54, 1.807) is 16.5 Å². The van der Waals surface area contributed by atoms with E-state index in [1.807, 2.05) is 6.92 Å². The van der Waals surface area contributed by atoms with E-state index in [4.69, 9.17) is 10.5 Å². The zero-order chi connectivity index (χ0) is 18.1. The van der Waals surface area contributed by atoms with Crippen molar-refractivity contribution in [1.29, 1.82) is 0 Å². The van der Waals surface area contributed by atoms with Gasteiger partial charge >= 0.3 is 0 Å². The largest absolute Gasteiger partial charge is 0.377 e. The molecule has 1 aliphatic heterocycles. The number of ether oxygens (including phenoxy) is 1. The van der Waals surface area contributed by atoms with Crippen LogP contribution >= 0.6 is 0 Å². The maximum atomic E-state index is 13.0. The van der Waals surface area contributed by atoms with Gasteiger partial charge < -0.3 is 15.4 Å².